The highest BCUT2D eigenvalue weighted by atomic mass is 32.1. The second-order valence-corrected chi connectivity index (χ2v) is 21.1. The molecule has 16 heteroatoms. The van der Waals surface area contributed by atoms with Gasteiger partial charge in [0, 0.05) is 98.5 Å². The van der Waals surface area contributed by atoms with E-state index < -0.39 is 18.1 Å². The van der Waals surface area contributed by atoms with Crippen molar-refractivity contribution in [3.05, 3.63) is 108 Å². The van der Waals surface area contributed by atoms with Crippen molar-refractivity contribution < 1.29 is 33.4 Å². The van der Waals surface area contributed by atoms with Gasteiger partial charge in [-0.1, -0.05) is 50.2 Å². The van der Waals surface area contributed by atoms with E-state index in [9.17, 15) is 14.7 Å². The average Bonchev–Trinajstić information content (AvgIpc) is 4.18. The van der Waals surface area contributed by atoms with Crippen LogP contribution in [0.25, 0.3) is 43.4 Å². The molecule has 3 aliphatic rings. The molecule has 4 atom stereocenters. The molecule has 3 fully saturated rings. The van der Waals surface area contributed by atoms with E-state index in [4.69, 9.17) is 18.7 Å². The fourth-order valence-corrected chi connectivity index (χ4v) is 11.5. The number of thiazole rings is 1. The molecule has 72 heavy (non-hydrogen) atoms. The first-order valence-corrected chi connectivity index (χ1v) is 26.6. The second-order valence-electron chi connectivity index (χ2n) is 20.3. The number of carbonyl (C=O) groups excluding carboxylic acids is 2. The molecule has 7 aromatic rings. The highest BCUT2D eigenvalue weighted by molar-refractivity contribution is 7.13. The number of aromatic nitrogens is 5. The number of amides is 2. The SMILES string of the molecule is Cc1ncsc1-c1ccc([C@H](C)NC(=O)[C@@H]2C[C@@H](O)CN2C(=O)[C@H](c2cc(OCCCCCN3CCC(O[C@H]4C[C@H](Oc5ccc(-c6ccc7c8cnccc8n(C)c7c6)cn5)C4)CC3)no2)C(C)C)cc1. The zero-order valence-electron chi connectivity index (χ0n) is 41.9. The van der Waals surface area contributed by atoms with Crippen molar-refractivity contribution in [3.8, 4) is 33.3 Å². The molecule has 2 N–H and O–H groups in total. The van der Waals surface area contributed by atoms with Crippen molar-refractivity contribution in [2.45, 2.75) is 121 Å². The first-order chi connectivity index (χ1) is 34.9. The molecule has 2 aliphatic heterocycles. The van der Waals surface area contributed by atoms with Crippen molar-refractivity contribution in [3.63, 3.8) is 0 Å². The molecule has 1 aliphatic carbocycles. The normalized spacial score (nSPS) is 20.5. The molecule has 7 heterocycles. The lowest BCUT2D eigenvalue weighted by molar-refractivity contribution is -0.141. The number of likely N-dealkylation sites (tertiary alicyclic amines) is 2. The summed E-state index contributed by atoms with van der Waals surface area (Å²) >= 11 is 1.60. The predicted octanol–water partition coefficient (Wildman–Crippen LogP) is 9.43. The Morgan fingerprint density at radius 3 is 2.39 bits per heavy atom. The lowest BCUT2D eigenvalue weighted by atomic mass is 9.91. The number of carbonyl (C=O) groups is 2. The highest BCUT2D eigenvalue weighted by Crippen LogP contribution is 2.36. The minimum Gasteiger partial charge on any atom is -0.476 e. The van der Waals surface area contributed by atoms with Crippen LogP contribution >= 0.6 is 11.3 Å². The van der Waals surface area contributed by atoms with Crippen LogP contribution in [0.3, 0.4) is 0 Å². The van der Waals surface area contributed by atoms with E-state index in [1.807, 2.05) is 82.1 Å². The van der Waals surface area contributed by atoms with Crippen molar-refractivity contribution in [2.24, 2.45) is 13.0 Å². The van der Waals surface area contributed by atoms with E-state index in [0.717, 1.165) is 103 Å². The van der Waals surface area contributed by atoms with Gasteiger partial charge in [-0.3, -0.25) is 14.6 Å². The summed E-state index contributed by atoms with van der Waals surface area (Å²) in [6.07, 6.45) is 12.5. The van der Waals surface area contributed by atoms with Gasteiger partial charge < -0.3 is 43.5 Å². The first kappa shape index (κ1) is 49.4. The quantitative estimate of drug-likeness (QED) is 0.0738. The van der Waals surface area contributed by atoms with E-state index >= 15 is 0 Å². The van der Waals surface area contributed by atoms with Gasteiger partial charge in [0.2, 0.25) is 17.7 Å². The van der Waals surface area contributed by atoms with Gasteiger partial charge in [-0.05, 0) is 98.5 Å². The molecule has 0 spiro atoms. The molecule has 1 saturated carbocycles. The number of β-amino-alcohol motifs (C(OH)–C–C–N with tert-alkyl or cyclic N) is 1. The summed E-state index contributed by atoms with van der Waals surface area (Å²) in [7, 11) is 2.10. The van der Waals surface area contributed by atoms with E-state index in [0.29, 0.717) is 24.1 Å². The Morgan fingerprint density at radius 2 is 1.64 bits per heavy atom. The lowest BCUT2D eigenvalue weighted by Crippen LogP contribution is -2.48. The molecule has 0 radical (unpaired) electrons. The van der Waals surface area contributed by atoms with Gasteiger partial charge in [0.05, 0.1) is 52.6 Å². The summed E-state index contributed by atoms with van der Waals surface area (Å²) in [6, 6.07) is 21.3. The molecule has 0 unspecified atom stereocenters. The van der Waals surface area contributed by atoms with E-state index in [-0.39, 0.29) is 55.1 Å². The number of pyridine rings is 2. The van der Waals surface area contributed by atoms with Crippen LogP contribution in [0.4, 0.5) is 0 Å². The third-order valence-electron chi connectivity index (χ3n) is 14.9. The Bertz CT molecular complexity index is 2960. The Balaban J connectivity index is 0.606. The maximum Gasteiger partial charge on any atom is 0.254 e. The van der Waals surface area contributed by atoms with Gasteiger partial charge in [-0.15, -0.1) is 11.3 Å². The van der Waals surface area contributed by atoms with Gasteiger partial charge in [-0.2, -0.15) is 0 Å². The van der Waals surface area contributed by atoms with Gasteiger partial charge in [0.15, 0.2) is 5.76 Å². The van der Waals surface area contributed by atoms with Gasteiger partial charge in [0.25, 0.3) is 5.88 Å². The minimum atomic E-state index is -0.811. The van der Waals surface area contributed by atoms with Crippen LogP contribution in [0.2, 0.25) is 0 Å². The number of hydrogen-bond acceptors (Lipinski definition) is 13. The van der Waals surface area contributed by atoms with Crippen LogP contribution in [-0.2, 0) is 21.4 Å². The molecular formula is C56H66N8O7S. The Labute approximate surface area is 424 Å². The number of piperidine rings is 1. The number of nitrogens with one attached hydrogen (secondary N) is 1. The zero-order valence-corrected chi connectivity index (χ0v) is 42.7. The number of nitrogens with zero attached hydrogens (tertiary/aromatic N) is 7. The summed E-state index contributed by atoms with van der Waals surface area (Å²) < 4.78 is 26.6. The van der Waals surface area contributed by atoms with Crippen LogP contribution in [0, 0.1) is 12.8 Å². The van der Waals surface area contributed by atoms with Gasteiger partial charge >= 0.3 is 0 Å². The van der Waals surface area contributed by atoms with Crippen LogP contribution < -0.4 is 14.8 Å². The van der Waals surface area contributed by atoms with E-state index in [1.165, 1.54) is 21.3 Å². The topological polar surface area (TPSA) is 170 Å². The molecular weight excluding hydrogens is 929 g/mol. The number of unbranched alkanes of at least 4 members (excludes halogenated alkanes) is 2. The number of benzene rings is 2. The zero-order chi connectivity index (χ0) is 49.9. The van der Waals surface area contributed by atoms with Gasteiger partial charge in [0.1, 0.15) is 18.1 Å². The molecule has 2 amide bonds. The van der Waals surface area contributed by atoms with E-state index in [2.05, 4.69) is 72.3 Å². The largest absolute Gasteiger partial charge is 0.476 e. The molecule has 378 valence electrons. The third kappa shape index (κ3) is 10.9. The van der Waals surface area contributed by atoms with Crippen LogP contribution in [-0.4, -0.2) is 115 Å². The molecule has 10 rings (SSSR count). The summed E-state index contributed by atoms with van der Waals surface area (Å²) in [4.78, 5) is 46.3. The molecule has 0 bridgehead atoms. The second kappa shape index (κ2) is 21.9. The summed E-state index contributed by atoms with van der Waals surface area (Å²) in [5.74, 6) is -0.0482. The number of aliphatic hydroxyl groups is 1. The van der Waals surface area contributed by atoms with Crippen molar-refractivity contribution >= 4 is 45.0 Å². The minimum absolute atomic E-state index is 0.0684. The molecule has 5 aromatic heterocycles. The number of aryl methyl sites for hydroxylation is 2. The monoisotopic (exact) mass is 994 g/mol. The molecule has 15 nitrogen and oxygen atoms in total. The number of fused-ring (bicyclic) bond motifs is 3. The van der Waals surface area contributed by atoms with E-state index in [1.54, 1.807) is 17.4 Å². The molecule has 2 saturated heterocycles. The van der Waals surface area contributed by atoms with Crippen LogP contribution in [0.15, 0.2) is 95.4 Å². The number of hydrogen-bond donors (Lipinski definition) is 2. The molecule has 2 aromatic carbocycles. The van der Waals surface area contributed by atoms with Crippen LogP contribution in [0.1, 0.15) is 101 Å². The smallest absolute Gasteiger partial charge is 0.254 e. The Hall–Kier alpha value is -6.20. The van der Waals surface area contributed by atoms with Crippen molar-refractivity contribution in [2.75, 3.05) is 32.8 Å². The number of rotatable bonds is 19. The van der Waals surface area contributed by atoms with Crippen LogP contribution in [0.5, 0.6) is 11.8 Å². The average molecular weight is 995 g/mol. The van der Waals surface area contributed by atoms with Crippen molar-refractivity contribution in [1.29, 1.82) is 0 Å². The fourth-order valence-electron chi connectivity index (χ4n) is 10.7. The Morgan fingerprint density at radius 1 is 0.847 bits per heavy atom. The highest BCUT2D eigenvalue weighted by Gasteiger charge is 2.44. The Kier molecular flexibility index (Phi) is 15.0. The first-order valence-electron chi connectivity index (χ1n) is 25.7. The van der Waals surface area contributed by atoms with Gasteiger partial charge in [-0.25, -0.2) is 9.97 Å². The lowest BCUT2D eigenvalue weighted by Gasteiger charge is -2.39. The summed E-state index contributed by atoms with van der Waals surface area (Å²) in [6.45, 7) is 11.5. The third-order valence-corrected chi connectivity index (χ3v) is 15.9. The predicted molar refractivity (Wildman–Crippen MR) is 278 cm³/mol. The number of ether oxygens (including phenoxy) is 3. The fraction of sp³-hybridized carbons (Fsp3) is 0.464. The maximum absolute atomic E-state index is 14.2. The number of aliphatic hydroxyl groups excluding tert-OH is 1. The summed E-state index contributed by atoms with van der Waals surface area (Å²) in [5.41, 5.74) is 9.35. The maximum atomic E-state index is 14.2. The standard InChI is InChI=1S/C56H66N8O7S/c1-34(2)53(56(67)64-32-41(65)26-49(64)55(66)60-35(3)37-9-11-38(12-10-37)54-36(4)59-33-72-54)50-29-52(61-71-50)68-24-8-6-7-21-63-22-18-42(19-23-63)69-43-27-44(28-43)70-51-16-14-40(30-58-51)39-13-15-45-46-31-57-20-17-47(46)62(5)48(45)25-39/h9-17,20,25,29-31,33-35,41-44,49,53,65H,6-8,18-19,21-24,26-28,32H2,1-5H3,(H,60,66)/t35-,41+,43-,44-,49-,53-/m0/s1. The summed E-state index contributed by atoms with van der Waals surface area (Å²) in [5, 5.41) is 20.3. The van der Waals surface area contributed by atoms with Crippen molar-refractivity contribution in [1.82, 2.24) is 39.8 Å².